The number of rotatable bonds is 5. The van der Waals surface area contributed by atoms with E-state index in [1.165, 1.54) is 47.7 Å². The Kier molecular flexibility index (Phi) is 6.64. The van der Waals surface area contributed by atoms with E-state index in [1.807, 2.05) is 47.7 Å². The van der Waals surface area contributed by atoms with Crippen LogP contribution in [0.15, 0.2) is 170 Å². The lowest BCUT2D eigenvalue weighted by Gasteiger charge is -2.11. The molecule has 3 heterocycles. The maximum atomic E-state index is 5.17. The molecule has 0 saturated carbocycles. The fourth-order valence-corrected chi connectivity index (χ4v) is 8.57. The molecule has 0 unspecified atom stereocenters. The van der Waals surface area contributed by atoms with Gasteiger partial charge in [0, 0.05) is 42.9 Å². The van der Waals surface area contributed by atoms with E-state index in [4.69, 9.17) is 15.0 Å². The second-order valence-corrected chi connectivity index (χ2v) is 13.4. The zero-order valence-corrected chi connectivity index (χ0v) is 27.7. The van der Waals surface area contributed by atoms with Crippen molar-refractivity contribution in [2.45, 2.75) is 0 Å². The van der Waals surface area contributed by atoms with Crippen molar-refractivity contribution in [2.75, 3.05) is 0 Å². The highest BCUT2D eigenvalue weighted by Gasteiger charge is 2.22. The van der Waals surface area contributed by atoms with E-state index in [2.05, 4.69) is 138 Å². The van der Waals surface area contributed by atoms with E-state index in [0.29, 0.717) is 17.5 Å². The largest absolute Gasteiger partial charge is 0.308 e. The Morgan fingerprint density at radius 3 is 1.44 bits per heavy atom. The predicted octanol–water partition coefficient (Wildman–Crippen LogP) is 12.0. The molecule has 0 radical (unpaired) electrons. The fraction of sp³-hybridized carbons (Fsp3) is 0. The zero-order valence-electron chi connectivity index (χ0n) is 26.9. The summed E-state index contributed by atoms with van der Waals surface area (Å²) >= 11 is 1.84. The van der Waals surface area contributed by atoms with E-state index >= 15 is 0 Å². The van der Waals surface area contributed by atoms with Gasteiger partial charge >= 0.3 is 0 Å². The number of aromatic nitrogens is 4. The minimum atomic E-state index is 0.653. The smallest absolute Gasteiger partial charge is 0.164 e. The summed E-state index contributed by atoms with van der Waals surface area (Å²) in [6.07, 6.45) is 0. The molecule has 0 atom stereocenters. The van der Waals surface area contributed by atoms with Gasteiger partial charge in [-0.3, -0.25) is 0 Å². The maximum Gasteiger partial charge on any atom is 0.164 e. The van der Waals surface area contributed by atoms with Crippen molar-refractivity contribution in [1.82, 2.24) is 19.5 Å². The highest BCUT2D eigenvalue weighted by molar-refractivity contribution is 7.26. The molecule has 0 aliphatic carbocycles. The van der Waals surface area contributed by atoms with E-state index in [-0.39, 0.29) is 0 Å². The van der Waals surface area contributed by atoms with Gasteiger partial charge in [0.25, 0.3) is 0 Å². The molecule has 5 heteroatoms. The van der Waals surface area contributed by atoms with Crippen LogP contribution in [0.2, 0.25) is 0 Å². The topological polar surface area (TPSA) is 43.6 Å². The summed E-state index contributed by atoms with van der Waals surface area (Å²) in [6.45, 7) is 0. The van der Waals surface area contributed by atoms with Gasteiger partial charge in [0.15, 0.2) is 17.5 Å². The number of para-hydroxylation sites is 2. The number of benzene rings is 7. The van der Waals surface area contributed by atoms with E-state index in [0.717, 1.165) is 27.8 Å². The predicted molar refractivity (Wildman–Crippen MR) is 209 cm³/mol. The minimum absolute atomic E-state index is 0.653. The second-order valence-electron chi connectivity index (χ2n) is 12.4. The molecule has 3 aromatic heterocycles. The Labute approximate surface area is 292 Å². The average Bonchev–Trinajstić information content (AvgIpc) is 3.75. The van der Waals surface area contributed by atoms with Crippen molar-refractivity contribution in [3.8, 4) is 51.0 Å². The normalized spacial score (nSPS) is 11.6. The van der Waals surface area contributed by atoms with Gasteiger partial charge in [-0.2, -0.15) is 0 Å². The number of thiophene rings is 1. The summed E-state index contributed by atoms with van der Waals surface area (Å²) in [4.78, 5) is 15.3. The number of hydrogen-bond acceptors (Lipinski definition) is 4. The van der Waals surface area contributed by atoms with E-state index in [1.54, 1.807) is 0 Å². The first kappa shape index (κ1) is 28.6. The zero-order chi connectivity index (χ0) is 33.0. The van der Waals surface area contributed by atoms with Crippen LogP contribution in [-0.2, 0) is 0 Å². The second kappa shape index (κ2) is 11.6. The summed E-state index contributed by atoms with van der Waals surface area (Å²) in [7, 11) is 0. The first-order chi connectivity index (χ1) is 24.8. The lowest BCUT2D eigenvalue weighted by Crippen LogP contribution is -2.00. The summed E-state index contributed by atoms with van der Waals surface area (Å²) in [5.74, 6) is 1.96. The molecule has 0 saturated heterocycles. The molecule has 4 nitrogen and oxygen atoms in total. The molecular formula is C45H28N4S. The number of hydrogen-bond donors (Lipinski definition) is 0. The third kappa shape index (κ3) is 4.55. The molecule has 50 heavy (non-hydrogen) atoms. The van der Waals surface area contributed by atoms with Crippen LogP contribution in [0.4, 0.5) is 0 Å². The molecule has 10 aromatic rings. The van der Waals surface area contributed by atoms with Crippen LogP contribution in [0.1, 0.15) is 0 Å². The Balaban J connectivity index is 1.31. The minimum Gasteiger partial charge on any atom is -0.308 e. The average molecular weight is 657 g/mol. The Morgan fingerprint density at radius 2 is 0.840 bits per heavy atom. The Bertz CT molecular complexity index is 2750. The van der Waals surface area contributed by atoms with Gasteiger partial charge in [0.1, 0.15) is 0 Å². The van der Waals surface area contributed by atoms with Crippen LogP contribution in [-0.4, -0.2) is 19.5 Å². The van der Waals surface area contributed by atoms with Crippen molar-refractivity contribution in [3.05, 3.63) is 170 Å². The third-order valence-electron chi connectivity index (χ3n) is 9.47. The van der Waals surface area contributed by atoms with Crippen molar-refractivity contribution in [1.29, 1.82) is 0 Å². The lowest BCUT2D eigenvalue weighted by molar-refractivity contribution is 1.08. The summed E-state index contributed by atoms with van der Waals surface area (Å²) in [5, 5.41) is 4.83. The Hall–Kier alpha value is -6.43. The fourth-order valence-electron chi connectivity index (χ4n) is 7.21. The van der Waals surface area contributed by atoms with Gasteiger partial charge in [0.05, 0.1) is 21.4 Å². The van der Waals surface area contributed by atoms with Gasteiger partial charge < -0.3 is 4.57 Å². The lowest BCUT2D eigenvalue weighted by atomic mass is 9.98. The quantitative estimate of drug-likeness (QED) is 0.185. The number of fused-ring (bicyclic) bond motifs is 6. The first-order valence-electron chi connectivity index (χ1n) is 16.7. The molecule has 0 fully saturated rings. The molecule has 0 aliphatic heterocycles. The molecule has 0 N–H and O–H groups in total. The molecule has 0 amide bonds. The maximum absolute atomic E-state index is 5.17. The van der Waals surface area contributed by atoms with Gasteiger partial charge in [-0.05, 0) is 35.4 Å². The van der Waals surface area contributed by atoms with E-state index in [9.17, 15) is 0 Å². The van der Waals surface area contributed by atoms with Gasteiger partial charge in [-0.25, -0.2) is 15.0 Å². The summed E-state index contributed by atoms with van der Waals surface area (Å²) in [6, 6.07) is 59.5. The van der Waals surface area contributed by atoms with Crippen molar-refractivity contribution >= 4 is 53.3 Å². The van der Waals surface area contributed by atoms with Crippen molar-refractivity contribution in [3.63, 3.8) is 0 Å². The highest BCUT2D eigenvalue weighted by atomic mass is 32.1. The molecule has 234 valence electrons. The van der Waals surface area contributed by atoms with Crippen LogP contribution < -0.4 is 0 Å². The SMILES string of the molecule is c1ccc(-c2nc(-c3ccccc3)nc(-c3ccc(-c4ccccc4)c4sc5c(-n6c7ccccc7c7ccccc76)cccc5c34)n2)cc1. The molecular weight excluding hydrogens is 629 g/mol. The highest BCUT2D eigenvalue weighted by Crippen LogP contribution is 2.47. The van der Waals surface area contributed by atoms with Crippen molar-refractivity contribution < 1.29 is 0 Å². The summed E-state index contributed by atoms with van der Waals surface area (Å²) < 4.78 is 4.85. The van der Waals surface area contributed by atoms with Crippen molar-refractivity contribution in [2.24, 2.45) is 0 Å². The summed E-state index contributed by atoms with van der Waals surface area (Å²) in [5.41, 5.74) is 8.82. The Morgan fingerprint density at radius 1 is 0.360 bits per heavy atom. The number of nitrogens with zero attached hydrogens (tertiary/aromatic N) is 4. The molecule has 0 bridgehead atoms. The first-order valence-corrected chi connectivity index (χ1v) is 17.5. The van der Waals surface area contributed by atoms with Crippen LogP contribution >= 0.6 is 11.3 Å². The monoisotopic (exact) mass is 656 g/mol. The van der Waals surface area contributed by atoms with Crippen LogP contribution in [0, 0.1) is 0 Å². The molecule has 7 aromatic carbocycles. The van der Waals surface area contributed by atoms with Gasteiger partial charge in [0.2, 0.25) is 0 Å². The third-order valence-corrected chi connectivity index (χ3v) is 10.7. The molecule has 0 spiro atoms. The van der Waals surface area contributed by atoms with E-state index < -0.39 is 0 Å². The van der Waals surface area contributed by atoms with Crippen LogP contribution in [0.25, 0.3) is 93.0 Å². The van der Waals surface area contributed by atoms with Gasteiger partial charge in [-0.1, -0.05) is 146 Å². The molecule has 0 aliphatic rings. The van der Waals surface area contributed by atoms with Gasteiger partial charge in [-0.15, -0.1) is 11.3 Å². The molecule has 10 rings (SSSR count). The van der Waals surface area contributed by atoms with Crippen LogP contribution in [0.5, 0.6) is 0 Å². The standard InChI is InChI=1S/C45H28N4S/c1-4-15-29(16-5-1)32-27-28-36(45-47-43(30-17-6-2-7-18-30)46-44(48-45)31-19-8-3-9-20-31)40-35-23-14-26-39(41(35)50-42(32)40)49-37-24-12-10-21-33(37)34-22-11-13-25-38(34)49/h1-28H. The van der Waals surface area contributed by atoms with Crippen LogP contribution in [0.3, 0.4) is 0 Å².